The molecule has 176 valence electrons. The molecule has 0 aliphatic carbocycles. The summed E-state index contributed by atoms with van der Waals surface area (Å²) in [6.45, 7) is -0.814. The third kappa shape index (κ3) is 4.87. The standard InChI is InChI=1S/C23H16F6N4O/c24-15-4-6-17(20(26)8-15)18(10-33-13-30-12-32-33)23(28,29)21-7-5-16(9-31-21)34-11-14-2-1-3-19(25)22(14)27/h1-9,12-13,18H,10-11H2. The smallest absolute Gasteiger partial charge is 0.298 e. The normalized spacial score (nSPS) is 12.5. The van der Waals surface area contributed by atoms with Crippen LogP contribution in [0.15, 0.2) is 67.4 Å². The Kier molecular flexibility index (Phi) is 6.53. The Morgan fingerprint density at radius 3 is 2.47 bits per heavy atom. The van der Waals surface area contributed by atoms with Gasteiger partial charge in [0.2, 0.25) is 0 Å². The van der Waals surface area contributed by atoms with Crippen molar-refractivity contribution in [1.82, 2.24) is 19.7 Å². The predicted molar refractivity (Wildman–Crippen MR) is 108 cm³/mol. The average molecular weight is 478 g/mol. The first-order valence-electron chi connectivity index (χ1n) is 9.93. The molecule has 2 heterocycles. The van der Waals surface area contributed by atoms with Gasteiger partial charge in [-0.15, -0.1) is 0 Å². The molecule has 0 spiro atoms. The average Bonchev–Trinajstić information content (AvgIpc) is 3.33. The molecule has 0 radical (unpaired) electrons. The summed E-state index contributed by atoms with van der Waals surface area (Å²) in [5, 5.41) is 3.79. The van der Waals surface area contributed by atoms with Crippen molar-refractivity contribution in [2.75, 3.05) is 0 Å². The van der Waals surface area contributed by atoms with Gasteiger partial charge in [-0.3, -0.25) is 9.67 Å². The molecule has 0 aliphatic heterocycles. The molecule has 1 atom stereocenters. The van der Waals surface area contributed by atoms with Crippen LogP contribution in [0.25, 0.3) is 0 Å². The van der Waals surface area contributed by atoms with Crippen LogP contribution < -0.4 is 4.74 Å². The molecule has 34 heavy (non-hydrogen) atoms. The summed E-state index contributed by atoms with van der Waals surface area (Å²) in [4.78, 5) is 7.44. The molecule has 4 aromatic rings. The Morgan fingerprint density at radius 2 is 1.79 bits per heavy atom. The number of halogens is 6. The summed E-state index contributed by atoms with van der Waals surface area (Å²) >= 11 is 0. The minimum Gasteiger partial charge on any atom is -0.487 e. The minimum atomic E-state index is -3.71. The molecular weight excluding hydrogens is 462 g/mol. The van der Waals surface area contributed by atoms with Crippen LogP contribution >= 0.6 is 0 Å². The van der Waals surface area contributed by atoms with Crippen molar-refractivity contribution in [2.45, 2.75) is 25.0 Å². The zero-order valence-corrected chi connectivity index (χ0v) is 17.3. The van der Waals surface area contributed by atoms with Crippen molar-refractivity contribution in [3.05, 3.63) is 107 Å². The lowest BCUT2D eigenvalue weighted by Gasteiger charge is -2.27. The maximum absolute atomic E-state index is 15.5. The molecule has 0 amide bonds. The third-order valence-electron chi connectivity index (χ3n) is 5.12. The number of benzene rings is 2. The van der Waals surface area contributed by atoms with Crippen LogP contribution in [0.2, 0.25) is 0 Å². The van der Waals surface area contributed by atoms with Crippen molar-refractivity contribution in [3.8, 4) is 5.75 Å². The Morgan fingerprint density at radius 1 is 0.971 bits per heavy atom. The fourth-order valence-corrected chi connectivity index (χ4v) is 3.37. The molecule has 2 aromatic heterocycles. The Labute approximate surface area is 189 Å². The highest BCUT2D eigenvalue weighted by Gasteiger charge is 2.45. The van der Waals surface area contributed by atoms with Gasteiger partial charge in [-0.1, -0.05) is 18.2 Å². The maximum Gasteiger partial charge on any atom is 0.298 e. The molecule has 11 heteroatoms. The van der Waals surface area contributed by atoms with Crippen LogP contribution in [0.1, 0.15) is 22.7 Å². The fourth-order valence-electron chi connectivity index (χ4n) is 3.37. The first-order valence-corrected chi connectivity index (χ1v) is 9.93. The highest BCUT2D eigenvalue weighted by molar-refractivity contribution is 5.30. The van der Waals surface area contributed by atoms with Crippen LogP contribution in [-0.4, -0.2) is 19.7 Å². The first-order chi connectivity index (χ1) is 16.3. The lowest BCUT2D eigenvalue weighted by Crippen LogP contribution is -2.30. The van der Waals surface area contributed by atoms with E-state index >= 15 is 8.78 Å². The van der Waals surface area contributed by atoms with Gasteiger partial charge >= 0.3 is 0 Å². The van der Waals surface area contributed by atoms with Gasteiger partial charge in [-0.25, -0.2) is 22.5 Å². The molecule has 0 fully saturated rings. The number of alkyl halides is 2. The van der Waals surface area contributed by atoms with Crippen molar-refractivity contribution in [1.29, 1.82) is 0 Å². The van der Waals surface area contributed by atoms with E-state index in [-0.39, 0.29) is 17.9 Å². The number of hydrogen-bond donors (Lipinski definition) is 0. The van der Waals surface area contributed by atoms with Gasteiger partial charge in [0.25, 0.3) is 5.92 Å². The van der Waals surface area contributed by atoms with E-state index in [1.165, 1.54) is 24.5 Å². The van der Waals surface area contributed by atoms with E-state index in [1.807, 2.05) is 0 Å². The molecular formula is C23H16F6N4O. The zero-order valence-electron chi connectivity index (χ0n) is 17.3. The van der Waals surface area contributed by atoms with Crippen molar-refractivity contribution < 1.29 is 31.1 Å². The molecule has 0 saturated carbocycles. The lowest BCUT2D eigenvalue weighted by atomic mass is 9.89. The van der Waals surface area contributed by atoms with E-state index in [0.29, 0.717) is 6.07 Å². The van der Waals surface area contributed by atoms with Crippen LogP contribution in [-0.2, 0) is 19.1 Å². The van der Waals surface area contributed by atoms with E-state index in [4.69, 9.17) is 4.74 Å². The van der Waals surface area contributed by atoms with Gasteiger partial charge in [0.15, 0.2) is 11.6 Å². The second-order valence-corrected chi connectivity index (χ2v) is 7.34. The Bertz CT molecular complexity index is 1270. The van der Waals surface area contributed by atoms with Crippen LogP contribution in [0, 0.1) is 23.3 Å². The van der Waals surface area contributed by atoms with Crippen LogP contribution in [0.3, 0.4) is 0 Å². The largest absolute Gasteiger partial charge is 0.487 e. The molecule has 1 unspecified atom stereocenters. The number of rotatable bonds is 8. The van der Waals surface area contributed by atoms with Gasteiger partial charge in [0.1, 0.15) is 42.3 Å². The monoisotopic (exact) mass is 478 g/mol. The lowest BCUT2D eigenvalue weighted by molar-refractivity contribution is -0.0454. The third-order valence-corrected chi connectivity index (χ3v) is 5.12. The van der Waals surface area contributed by atoms with Crippen LogP contribution in [0.5, 0.6) is 5.75 Å². The van der Waals surface area contributed by atoms with Crippen molar-refractivity contribution in [2.24, 2.45) is 0 Å². The predicted octanol–water partition coefficient (Wildman–Crippen LogP) is 5.38. The number of pyridine rings is 1. The maximum atomic E-state index is 15.5. The number of nitrogens with zero attached hydrogens (tertiary/aromatic N) is 4. The van der Waals surface area contributed by atoms with Gasteiger partial charge in [0.05, 0.1) is 18.7 Å². The zero-order chi connectivity index (χ0) is 24.3. The van der Waals surface area contributed by atoms with E-state index in [1.54, 1.807) is 0 Å². The van der Waals surface area contributed by atoms with Gasteiger partial charge < -0.3 is 4.74 Å². The van der Waals surface area contributed by atoms with Crippen molar-refractivity contribution in [3.63, 3.8) is 0 Å². The molecule has 2 aromatic carbocycles. The number of ether oxygens (including phenoxy) is 1. The number of aromatic nitrogens is 4. The fraction of sp³-hybridized carbons (Fsp3) is 0.174. The SMILES string of the molecule is Fc1ccc(C(Cn2cncn2)C(F)(F)c2ccc(OCc3cccc(F)c3F)cn2)c(F)c1. The molecule has 0 saturated heterocycles. The summed E-state index contributed by atoms with van der Waals surface area (Å²) in [6, 6.07) is 8.10. The Balaban J connectivity index is 1.59. The van der Waals surface area contributed by atoms with Crippen molar-refractivity contribution >= 4 is 0 Å². The quantitative estimate of drug-likeness (QED) is 0.319. The van der Waals surface area contributed by atoms with E-state index in [2.05, 4.69) is 15.1 Å². The van der Waals surface area contributed by atoms with Gasteiger partial charge in [-0.05, 0) is 29.8 Å². The van der Waals surface area contributed by atoms with Gasteiger partial charge in [-0.2, -0.15) is 13.9 Å². The van der Waals surface area contributed by atoms with E-state index < -0.39 is 52.9 Å². The van der Waals surface area contributed by atoms with E-state index in [0.717, 1.165) is 41.5 Å². The first kappa shape index (κ1) is 23.3. The second kappa shape index (κ2) is 9.54. The molecule has 5 nitrogen and oxygen atoms in total. The summed E-state index contributed by atoms with van der Waals surface area (Å²) in [7, 11) is 0. The highest BCUT2D eigenvalue weighted by atomic mass is 19.3. The highest BCUT2D eigenvalue weighted by Crippen LogP contribution is 2.43. The number of hydrogen-bond acceptors (Lipinski definition) is 4. The van der Waals surface area contributed by atoms with E-state index in [9.17, 15) is 17.6 Å². The summed E-state index contributed by atoms with van der Waals surface area (Å²) in [6.07, 6.45) is 3.33. The molecule has 0 bridgehead atoms. The summed E-state index contributed by atoms with van der Waals surface area (Å²) in [5.41, 5.74) is -1.19. The summed E-state index contributed by atoms with van der Waals surface area (Å²) in [5.74, 6) is -9.63. The molecule has 0 N–H and O–H groups in total. The molecule has 4 rings (SSSR count). The summed E-state index contributed by atoms with van der Waals surface area (Å²) < 4.78 is 92.4. The van der Waals surface area contributed by atoms with Crippen LogP contribution in [0.4, 0.5) is 26.3 Å². The second-order valence-electron chi connectivity index (χ2n) is 7.34. The topological polar surface area (TPSA) is 52.8 Å². The van der Waals surface area contributed by atoms with Gasteiger partial charge in [0, 0.05) is 11.6 Å². The molecule has 0 aliphatic rings. The minimum absolute atomic E-state index is 0.0315. The Hall–Kier alpha value is -3.89.